The third-order valence-corrected chi connectivity index (χ3v) is 5.69. The third-order valence-electron chi connectivity index (χ3n) is 5.69. The van der Waals surface area contributed by atoms with E-state index in [1.54, 1.807) is 0 Å². The Morgan fingerprint density at radius 3 is 2.04 bits per heavy atom. The van der Waals surface area contributed by atoms with Crippen molar-refractivity contribution in [2.24, 2.45) is 0 Å². The Morgan fingerprint density at radius 1 is 0.630 bits per heavy atom. The number of rotatable bonds is 7. The molecule has 27 heavy (non-hydrogen) atoms. The van der Waals surface area contributed by atoms with Crippen LogP contribution in [0.5, 0.6) is 0 Å². The molecule has 1 radical (unpaired) electrons. The summed E-state index contributed by atoms with van der Waals surface area (Å²) >= 11 is 0. The van der Waals surface area contributed by atoms with Crippen LogP contribution >= 0.6 is 0 Å². The van der Waals surface area contributed by atoms with E-state index in [9.17, 15) is 0 Å². The number of benzene rings is 4. The Hall–Kier alpha value is -2.60. The molecule has 1 unspecified atom stereocenters. The van der Waals surface area contributed by atoms with Crippen molar-refractivity contribution in [3.8, 4) is 0 Å². The first-order valence-electron chi connectivity index (χ1n) is 10.1. The highest BCUT2D eigenvalue weighted by atomic mass is 14.2. The van der Waals surface area contributed by atoms with E-state index in [4.69, 9.17) is 0 Å². The van der Waals surface area contributed by atoms with E-state index >= 15 is 0 Å². The maximum Gasteiger partial charge on any atom is -0.0149 e. The zero-order valence-corrected chi connectivity index (χ0v) is 15.9. The lowest BCUT2D eigenvalue weighted by Crippen LogP contribution is -2.01. The molecular formula is C27H27. The van der Waals surface area contributed by atoms with E-state index in [1.807, 2.05) is 0 Å². The first-order valence-corrected chi connectivity index (χ1v) is 10.1. The number of aryl methyl sites for hydroxylation is 1. The van der Waals surface area contributed by atoms with E-state index in [2.05, 4.69) is 91.9 Å². The van der Waals surface area contributed by atoms with Gasteiger partial charge in [-0.15, -0.1) is 0 Å². The highest BCUT2D eigenvalue weighted by molar-refractivity contribution is 5.86. The van der Waals surface area contributed by atoms with Crippen LogP contribution in [0.4, 0.5) is 0 Å². The van der Waals surface area contributed by atoms with E-state index in [1.165, 1.54) is 45.5 Å². The second kappa shape index (κ2) is 8.39. The smallest absolute Gasteiger partial charge is 0.0149 e. The van der Waals surface area contributed by atoms with Crippen molar-refractivity contribution in [1.82, 2.24) is 0 Å². The van der Waals surface area contributed by atoms with Crippen LogP contribution in [0.1, 0.15) is 42.7 Å². The number of hydrogen-bond donors (Lipinski definition) is 0. The molecule has 0 saturated heterocycles. The highest BCUT2D eigenvalue weighted by Crippen LogP contribution is 2.33. The summed E-state index contributed by atoms with van der Waals surface area (Å²) < 4.78 is 0. The average molecular weight is 352 g/mol. The van der Waals surface area contributed by atoms with Gasteiger partial charge < -0.3 is 0 Å². The van der Waals surface area contributed by atoms with Gasteiger partial charge in [-0.25, -0.2) is 0 Å². The summed E-state index contributed by atoms with van der Waals surface area (Å²) in [4.78, 5) is 0. The SMILES string of the molecule is [CH2]CCC(CCCc1cccc2ccccc12)c1cccc2ccccc12. The fourth-order valence-electron chi connectivity index (χ4n) is 4.36. The summed E-state index contributed by atoms with van der Waals surface area (Å²) in [5.41, 5.74) is 2.97. The molecule has 4 rings (SSSR count). The predicted molar refractivity (Wildman–Crippen MR) is 118 cm³/mol. The maximum absolute atomic E-state index is 4.14. The van der Waals surface area contributed by atoms with Gasteiger partial charge in [-0.05, 0) is 64.3 Å². The zero-order chi connectivity index (χ0) is 18.5. The second-order valence-electron chi connectivity index (χ2n) is 7.44. The van der Waals surface area contributed by atoms with Gasteiger partial charge in [-0.3, -0.25) is 0 Å². The van der Waals surface area contributed by atoms with Gasteiger partial charge >= 0.3 is 0 Å². The molecule has 0 bridgehead atoms. The summed E-state index contributed by atoms with van der Waals surface area (Å²) in [6.07, 6.45) is 5.71. The molecule has 0 fully saturated rings. The van der Waals surface area contributed by atoms with Gasteiger partial charge in [-0.1, -0.05) is 98.3 Å². The first kappa shape index (κ1) is 17.8. The zero-order valence-electron chi connectivity index (χ0n) is 15.9. The summed E-state index contributed by atoms with van der Waals surface area (Å²) in [6, 6.07) is 30.9. The van der Waals surface area contributed by atoms with Crippen LogP contribution < -0.4 is 0 Å². The maximum atomic E-state index is 4.14. The first-order chi connectivity index (χ1) is 13.4. The molecule has 0 heterocycles. The molecule has 0 nitrogen and oxygen atoms in total. The predicted octanol–water partition coefficient (Wildman–Crippen LogP) is 7.71. The fraction of sp³-hybridized carbons (Fsp3) is 0.222. The molecule has 135 valence electrons. The largest absolute Gasteiger partial charge is 0.0616 e. The van der Waals surface area contributed by atoms with E-state index in [-0.39, 0.29) is 0 Å². The molecule has 4 aromatic rings. The number of fused-ring (bicyclic) bond motifs is 2. The monoisotopic (exact) mass is 351 g/mol. The molecule has 0 aliphatic rings. The molecule has 0 N–H and O–H groups in total. The van der Waals surface area contributed by atoms with Gasteiger partial charge in [0.1, 0.15) is 0 Å². The molecule has 0 aromatic heterocycles. The highest BCUT2D eigenvalue weighted by Gasteiger charge is 2.14. The summed E-state index contributed by atoms with van der Waals surface area (Å²) in [5, 5.41) is 5.50. The van der Waals surface area contributed by atoms with Crippen LogP contribution in [-0.2, 0) is 6.42 Å². The van der Waals surface area contributed by atoms with Gasteiger partial charge in [-0.2, -0.15) is 0 Å². The van der Waals surface area contributed by atoms with E-state index < -0.39 is 0 Å². The van der Waals surface area contributed by atoms with Crippen molar-refractivity contribution >= 4 is 21.5 Å². The summed E-state index contributed by atoms with van der Waals surface area (Å²) in [6.45, 7) is 4.14. The van der Waals surface area contributed by atoms with Crippen LogP contribution in [-0.4, -0.2) is 0 Å². The summed E-state index contributed by atoms with van der Waals surface area (Å²) in [7, 11) is 0. The van der Waals surface area contributed by atoms with Crippen LogP contribution in [0.2, 0.25) is 0 Å². The van der Waals surface area contributed by atoms with Crippen molar-refractivity contribution < 1.29 is 0 Å². The van der Waals surface area contributed by atoms with Crippen LogP contribution in [0, 0.1) is 6.92 Å². The standard InChI is InChI=1S/C27H27/c1-2-10-21(27-20-9-17-24-12-4-6-19-26(24)27)13-7-15-23-16-8-14-22-11-3-5-18-25(22)23/h3-6,8-9,11-12,14,16-21H,1-2,7,10,13,15H2. The second-order valence-corrected chi connectivity index (χ2v) is 7.44. The third kappa shape index (κ3) is 3.90. The molecular weight excluding hydrogens is 324 g/mol. The average Bonchev–Trinajstić information content (AvgIpc) is 2.73. The van der Waals surface area contributed by atoms with E-state index in [0.29, 0.717) is 5.92 Å². The molecule has 0 aliphatic heterocycles. The van der Waals surface area contributed by atoms with Crippen LogP contribution in [0.25, 0.3) is 21.5 Å². The van der Waals surface area contributed by atoms with Gasteiger partial charge in [0.25, 0.3) is 0 Å². The minimum Gasteiger partial charge on any atom is -0.0616 e. The van der Waals surface area contributed by atoms with Crippen molar-refractivity contribution in [2.45, 2.75) is 38.0 Å². The molecule has 0 spiro atoms. The molecule has 4 aromatic carbocycles. The van der Waals surface area contributed by atoms with Crippen LogP contribution in [0.3, 0.4) is 0 Å². The topological polar surface area (TPSA) is 0 Å². The van der Waals surface area contributed by atoms with Crippen molar-refractivity contribution in [1.29, 1.82) is 0 Å². The van der Waals surface area contributed by atoms with Crippen molar-refractivity contribution in [3.63, 3.8) is 0 Å². The van der Waals surface area contributed by atoms with Gasteiger partial charge in [0.2, 0.25) is 0 Å². The van der Waals surface area contributed by atoms with Gasteiger partial charge in [0.05, 0.1) is 0 Å². The molecule has 0 amide bonds. The summed E-state index contributed by atoms with van der Waals surface area (Å²) in [5.74, 6) is 0.587. The van der Waals surface area contributed by atoms with Crippen LogP contribution in [0.15, 0.2) is 84.9 Å². The normalized spacial score (nSPS) is 12.5. The minimum absolute atomic E-state index is 0.587. The van der Waals surface area contributed by atoms with Gasteiger partial charge in [0, 0.05) is 0 Å². The molecule has 0 aliphatic carbocycles. The Bertz CT molecular complexity index is 1020. The number of hydrogen-bond acceptors (Lipinski definition) is 0. The van der Waals surface area contributed by atoms with Crippen molar-refractivity contribution in [3.05, 3.63) is 103 Å². The molecule has 1 atom stereocenters. The molecule has 0 saturated carbocycles. The Morgan fingerprint density at radius 2 is 1.26 bits per heavy atom. The quantitative estimate of drug-likeness (QED) is 0.320. The lowest BCUT2D eigenvalue weighted by Gasteiger charge is -2.19. The molecule has 0 heteroatoms. The lowest BCUT2D eigenvalue weighted by atomic mass is 9.86. The Kier molecular flexibility index (Phi) is 5.53. The van der Waals surface area contributed by atoms with Gasteiger partial charge in [0.15, 0.2) is 0 Å². The van der Waals surface area contributed by atoms with Crippen molar-refractivity contribution in [2.75, 3.05) is 0 Å². The Balaban J connectivity index is 1.54. The Labute approximate surface area is 162 Å². The van der Waals surface area contributed by atoms with E-state index in [0.717, 1.165) is 19.3 Å². The minimum atomic E-state index is 0.587. The fourth-order valence-corrected chi connectivity index (χ4v) is 4.36. The lowest BCUT2D eigenvalue weighted by molar-refractivity contribution is 0.560.